The Morgan fingerprint density at radius 2 is 2.12 bits per heavy atom. The lowest BCUT2D eigenvalue weighted by atomic mass is 10.1. The molecule has 0 saturated carbocycles. The smallest absolute Gasteiger partial charge is 0.270 e. The molecule has 7 heteroatoms. The SMILES string of the molecule is Cc1cc(CNC(=O)c2cc(=O)n3c(n2)C(C)(C)OCC3)c(C)o1. The lowest BCUT2D eigenvalue weighted by Crippen LogP contribution is -2.42. The van der Waals surface area contributed by atoms with E-state index in [-0.39, 0.29) is 11.3 Å². The van der Waals surface area contributed by atoms with Gasteiger partial charge >= 0.3 is 0 Å². The molecule has 0 aliphatic carbocycles. The predicted octanol–water partition coefficient (Wildman–Crippen LogP) is 1.65. The number of ether oxygens (including phenoxy) is 1. The molecular weight excluding hydrogens is 310 g/mol. The fourth-order valence-electron chi connectivity index (χ4n) is 2.88. The monoisotopic (exact) mass is 331 g/mol. The molecule has 2 aromatic heterocycles. The van der Waals surface area contributed by atoms with Gasteiger partial charge in [-0.15, -0.1) is 0 Å². The molecule has 0 fully saturated rings. The zero-order valence-electron chi connectivity index (χ0n) is 14.3. The molecule has 0 saturated heterocycles. The van der Waals surface area contributed by atoms with Gasteiger partial charge < -0.3 is 14.5 Å². The van der Waals surface area contributed by atoms with Gasteiger partial charge in [0.05, 0.1) is 13.2 Å². The van der Waals surface area contributed by atoms with E-state index in [0.717, 1.165) is 17.1 Å². The Kier molecular flexibility index (Phi) is 4.04. The van der Waals surface area contributed by atoms with Gasteiger partial charge in [0.15, 0.2) is 0 Å². The third-order valence-corrected chi connectivity index (χ3v) is 4.14. The van der Waals surface area contributed by atoms with Gasteiger partial charge in [-0.1, -0.05) is 0 Å². The summed E-state index contributed by atoms with van der Waals surface area (Å²) in [5, 5.41) is 2.78. The second-order valence-electron chi connectivity index (χ2n) is 6.43. The van der Waals surface area contributed by atoms with Crippen molar-refractivity contribution in [1.82, 2.24) is 14.9 Å². The summed E-state index contributed by atoms with van der Waals surface area (Å²) in [5.41, 5.74) is 0.0603. The number of carbonyl (C=O) groups is 1. The van der Waals surface area contributed by atoms with E-state index in [9.17, 15) is 9.59 Å². The van der Waals surface area contributed by atoms with Gasteiger partial charge in [0.2, 0.25) is 0 Å². The van der Waals surface area contributed by atoms with Crippen molar-refractivity contribution < 1.29 is 13.9 Å². The number of hydrogen-bond donors (Lipinski definition) is 1. The molecule has 0 aromatic carbocycles. The van der Waals surface area contributed by atoms with E-state index < -0.39 is 11.5 Å². The number of aromatic nitrogens is 2. The van der Waals surface area contributed by atoms with Crippen LogP contribution in [0.4, 0.5) is 0 Å². The minimum absolute atomic E-state index is 0.0997. The minimum atomic E-state index is -0.702. The molecule has 24 heavy (non-hydrogen) atoms. The molecule has 1 amide bonds. The number of amides is 1. The maximum atomic E-state index is 12.4. The van der Waals surface area contributed by atoms with Crippen LogP contribution in [0.5, 0.6) is 0 Å². The van der Waals surface area contributed by atoms with Crippen LogP contribution < -0.4 is 10.9 Å². The lowest BCUT2D eigenvalue weighted by molar-refractivity contribution is -0.0564. The van der Waals surface area contributed by atoms with Crippen molar-refractivity contribution in [2.45, 2.75) is 46.4 Å². The summed E-state index contributed by atoms with van der Waals surface area (Å²) < 4.78 is 12.7. The fraction of sp³-hybridized carbons (Fsp3) is 0.471. The molecule has 0 unspecified atom stereocenters. The van der Waals surface area contributed by atoms with Crippen LogP contribution in [0, 0.1) is 13.8 Å². The molecule has 0 bridgehead atoms. The molecule has 0 spiro atoms. The molecule has 128 valence electrons. The first-order valence-electron chi connectivity index (χ1n) is 7.88. The largest absolute Gasteiger partial charge is 0.466 e. The summed E-state index contributed by atoms with van der Waals surface area (Å²) >= 11 is 0. The van der Waals surface area contributed by atoms with Crippen LogP contribution in [0.1, 0.15) is 47.2 Å². The Balaban J connectivity index is 1.84. The van der Waals surface area contributed by atoms with Gasteiger partial charge in [0, 0.05) is 18.2 Å². The van der Waals surface area contributed by atoms with E-state index in [0.29, 0.717) is 25.5 Å². The van der Waals surface area contributed by atoms with Gasteiger partial charge in [-0.25, -0.2) is 4.98 Å². The summed E-state index contributed by atoms with van der Waals surface area (Å²) in [6, 6.07) is 3.15. The van der Waals surface area contributed by atoms with E-state index in [1.54, 1.807) is 4.57 Å². The average Bonchev–Trinajstić information content (AvgIpc) is 2.83. The standard InChI is InChI=1S/C17H21N3O4/c1-10-7-12(11(2)24-10)9-18-15(22)13-8-14(21)20-5-6-23-17(3,4)16(20)19-13/h7-8H,5-6,9H2,1-4H3,(H,18,22). The van der Waals surface area contributed by atoms with Crippen LogP contribution in [0.25, 0.3) is 0 Å². The molecule has 2 aromatic rings. The van der Waals surface area contributed by atoms with E-state index >= 15 is 0 Å². The van der Waals surface area contributed by atoms with Crippen LogP contribution in [0.3, 0.4) is 0 Å². The Hall–Kier alpha value is -2.41. The summed E-state index contributed by atoms with van der Waals surface area (Å²) in [4.78, 5) is 29.0. The molecule has 7 nitrogen and oxygen atoms in total. The van der Waals surface area contributed by atoms with Gasteiger partial charge in [-0.05, 0) is 33.8 Å². The number of rotatable bonds is 3. The number of fused-ring (bicyclic) bond motifs is 1. The Labute approximate surface area is 139 Å². The number of carbonyl (C=O) groups excluding carboxylic acids is 1. The summed E-state index contributed by atoms with van der Waals surface area (Å²) in [5.74, 6) is 1.64. The normalized spacial score (nSPS) is 15.8. The number of nitrogens with one attached hydrogen (secondary N) is 1. The number of furan rings is 1. The zero-order chi connectivity index (χ0) is 17.5. The van der Waals surface area contributed by atoms with Crippen LogP contribution in [-0.4, -0.2) is 22.1 Å². The Morgan fingerprint density at radius 1 is 1.38 bits per heavy atom. The summed E-state index contributed by atoms with van der Waals surface area (Å²) in [7, 11) is 0. The van der Waals surface area contributed by atoms with E-state index in [1.165, 1.54) is 6.07 Å². The van der Waals surface area contributed by atoms with Gasteiger partial charge in [-0.3, -0.25) is 14.2 Å². The molecule has 1 aliphatic heterocycles. The van der Waals surface area contributed by atoms with Crippen molar-refractivity contribution in [2.24, 2.45) is 0 Å². The number of hydrogen-bond acceptors (Lipinski definition) is 5. The molecule has 3 heterocycles. The number of nitrogens with zero attached hydrogens (tertiary/aromatic N) is 2. The Morgan fingerprint density at radius 3 is 2.79 bits per heavy atom. The molecule has 1 aliphatic rings. The quantitative estimate of drug-likeness (QED) is 0.924. The van der Waals surface area contributed by atoms with Crippen molar-refractivity contribution in [2.75, 3.05) is 6.61 Å². The van der Waals surface area contributed by atoms with Gasteiger partial charge in [-0.2, -0.15) is 0 Å². The second-order valence-corrected chi connectivity index (χ2v) is 6.43. The highest BCUT2D eigenvalue weighted by atomic mass is 16.5. The van der Waals surface area contributed by atoms with Crippen molar-refractivity contribution >= 4 is 5.91 Å². The molecule has 0 radical (unpaired) electrons. The maximum Gasteiger partial charge on any atom is 0.270 e. The minimum Gasteiger partial charge on any atom is -0.466 e. The van der Waals surface area contributed by atoms with Crippen molar-refractivity contribution in [3.8, 4) is 0 Å². The zero-order valence-corrected chi connectivity index (χ0v) is 14.3. The van der Waals surface area contributed by atoms with E-state index in [4.69, 9.17) is 9.15 Å². The lowest BCUT2D eigenvalue weighted by Gasteiger charge is -2.32. The summed E-state index contributed by atoms with van der Waals surface area (Å²) in [6.07, 6.45) is 0. The first-order chi connectivity index (χ1) is 11.3. The molecular formula is C17H21N3O4. The van der Waals surface area contributed by atoms with Crippen LogP contribution in [0.15, 0.2) is 21.3 Å². The van der Waals surface area contributed by atoms with E-state index in [1.807, 2.05) is 33.8 Å². The first-order valence-corrected chi connectivity index (χ1v) is 7.88. The van der Waals surface area contributed by atoms with Gasteiger partial charge in [0.1, 0.15) is 28.6 Å². The highest BCUT2D eigenvalue weighted by Crippen LogP contribution is 2.25. The van der Waals surface area contributed by atoms with Crippen molar-refractivity contribution in [3.05, 3.63) is 51.1 Å². The summed E-state index contributed by atoms with van der Waals surface area (Å²) in [6.45, 7) is 8.59. The fourth-order valence-corrected chi connectivity index (χ4v) is 2.88. The first kappa shape index (κ1) is 16.4. The van der Waals surface area contributed by atoms with Crippen molar-refractivity contribution in [3.63, 3.8) is 0 Å². The molecule has 1 N–H and O–H groups in total. The van der Waals surface area contributed by atoms with Crippen LogP contribution in [-0.2, 0) is 23.4 Å². The second kappa shape index (κ2) is 5.90. The highest BCUT2D eigenvalue weighted by molar-refractivity contribution is 5.92. The van der Waals surface area contributed by atoms with Gasteiger partial charge in [0.25, 0.3) is 11.5 Å². The predicted molar refractivity (Wildman–Crippen MR) is 86.8 cm³/mol. The maximum absolute atomic E-state index is 12.4. The molecule has 3 rings (SSSR count). The highest BCUT2D eigenvalue weighted by Gasteiger charge is 2.32. The van der Waals surface area contributed by atoms with Crippen LogP contribution >= 0.6 is 0 Å². The van der Waals surface area contributed by atoms with Crippen LogP contribution in [0.2, 0.25) is 0 Å². The third kappa shape index (κ3) is 2.99. The topological polar surface area (TPSA) is 86.4 Å². The Bertz CT molecular complexity index is 848. The molecule has 0 atom stereocenters. The van der Waals surface area contributed by atoms with E-state index in [2.05, 4.69) is 10.3 Å². The average molecular weight is 331 g/mol. The van der Waals surface area contributed by atoms with Crippen molar-refractivity contribution in [1.29, 1.82) is 0 Å². The number of aryl methyl sites for hydroxylation is 2. The third-order valence-electron chi connectivity index (χ3n) is 4.14.